The lowest BCUT2D eigenvalue weighted by Crippen LogP contribution is -2.27. The SMILES string of the molecule is C=CCCC(=O)NCCn1ncc2c(=O)n(Cc3cccc(Cl)c3)cnc21. The van der Waals surface area contributed by atoms with E-state index >= 15 is 0 Å². The number of nitrogens with one attached hydrogen (secondary N) is 1. The van der Waals surface area contributed by atoms with Crippen LogP contribution < -0.4 is 10.9 Å². The Kier molecular flexibility index (Phi) is 6.03. The molecule has 2 heterocycles. The van der Waals surface area contributed by atoms with Crippen LogP contribution in [-0.2, 0) is 17.9 Å². The molecule has 1 N–H and O–H groups in total. The molecule has 1 amide bonds. The summed E-state index contributed by atoms with van der Waals surface area (Å²) in [6, 6.07) is 7.35. The molecular formula is C19H20ClN5O2. The molecular weight excluding hydrogens is 366 g/mol. The number of aromatic nitrogens is 4. The summed E-state index contributed by atoms with van der Waals surface area (Å²) in [6.45, 7) is 4.83. The van der Waals surface area contributed by atoms with Crippen LogP contribution in [0.2, 0.25) is 5.02 Å². The quantitative estimate of drug-likeness (QED) is 0.603. The van der Waals surface area contributed by atoms with Crippen LogP contribution in [0.3, 0.4) is 0 Å². The Bertz CT molecular complexity index is 1020. The summed E-state index contributed by atoms with van der Waals surface area (Å²) in [5, 5.41) is 8.11. The van der Waals surface area contributed by atoms with Gasteiger partial charge in [0.05, 0.1) is 19.3 Å². The Morgan fingerprint density at radius 3 is 3.00 bits per heavy atom. The van der Waals surface area contributed by atoms with Crippen LogP contribution in [0.1, 0.15) is 18.4 Å². The first-order valence-electron chi connectivity index (χ1n) is 8.61. The number of nitrogens with zero attached hydrogens (tertiary/aromatic N) is 4. The molecule has 0 spiro atoms. The molecule has 0 aliphatic carbocycles. The minimum atomic E-state index is -0.166. The van der Waals surface area contributed by atoms with Gasteiger partial charge < -0.3 is 5.32 Å². The number of amides is 1. The number of hydrogen-bond donors (Lipinski definition) is 1. The Balaban J connectivity index is 1.72. The van der Waals surface area contributed by atoms with Crippen LogP contribution in [0.5, 0.6) is 0 Å². The van der Waals surface area contributed by atoms with Gasteiger partial charge in [-0.25, -0.2) is 9.67 Å². The Morgan fingerprint density at radius 2 is 2.22 bits per heavy atom. The van der Waals surface area contributed by atoms with Crippen molar-refractivity contribution >= 4 is 28.5 Å². The van der Waals surface area contributed by atoms with Gasteiger partial charge in [0.25, 0.3) is 5.56 Å². The number of fused-ring (bicyclic) bond motifs is 1. The average molecular weight is 386 g/mol. The fraction of sp³-hybridized carbons (Fsp3) is 0.263. The van der Waals surface area contributed by atoms with Crippen LogP contribution in [0.15, 0.2) is 54.2 Å². The fourth-order valence-electron chi connectivity index (χ4n) is 2.73. The molecule has 0 aliphatic rings. The molecule has 0 fully saturated rings. The Hall–Kier alpha value is -2.93. The first kappa shape index (κ1) is 18.8. The Labute approximate surface area is 161 Å². The van der Waals surface area contributed by atoms with Crippen LogP contribution in [-0.4, -0.2) is 31.8 Å². The first-order valence-corrected chi connectivity index (χ1v) is 8.99. The highest BCUT2D eigenvalue weighted by Gasteiger charge is 2.11. The van der Waals surface area contributed by atoms with Crippen LogP contribution in [0, 0.1) is 0 Å². The molecule has 140 valence electrons. The number of hydrogen-bond acceptors (Lipinski definition) is 4. The Morgan fingerprint density at radius 1 is 1.37 bits per heavy atom. The molecule has 3 rings (SSSR count). The van der Waals surface area contributed by atoms with Crippen molar-refractivity contribution in [3.8, 4) is 0 Å². The second-order valence-corrected chi connectivity index (χ2v) is 6.53. The van der Waals surface area contributed by atoms with Crippen molar-refractivity contribution < 1.29 is 4.79 Å². The van der Waals surface area contributed by atoms with Gasteiger partial charge in [-0.3, -0.25) is 14.2 Å². The van der Waals surface area contributed by atoms with E-state index in [9.17, 15) is 9.59 Å². The largest absolute Gasteiger partial charge is 0.354 e. The third kappa shape index (κ3) is 4.62. The van der Waals surface area contributed by atoms with E-state index in [0.29, 0.717) is 48.5 Å². The highest BCUT2D eigenvalue weighted by Crippen LogP contribution is 2.12. The summed E-state index contributed by atoms with van der Waals surface area (Å²) in [5.74, 6) is -0.0387. The van der Waals surface area contributed by atoms with Crippen LogP contribution in [0.25, 0.3) is 11.0 Å². The summed E-state index contributed by atoms with van der Waals surface area (Å²) >= 11 is 6.00. The highest BCUT2D eigenvalue weighted by atomic mass is 35.5. The topological polar surface area (TPSA) is 81.8 Å². The zero-order valence-electron chi connectivity index (χ0n) is 14.8. The number of halogens is 1. The molecule has 0 atom stereocenters. The molecule has 0 aliphatic heterocycles. The summed E-state index contributed by atoms with van der Waals surface area (Å²) < 4.78 is 3.14. The second kappa shape index (κ2) is 8.64. The van der Waals surface area contributed by atoms with E-state index in [4.69, 9.17) is 11.6 Å². The van der Waals surface area contributed by atoms with Gasteiger partial charge in [-0.15, -0.1) is 6.58 Å². The monoisotopic (exact) mass is 385 g/mol. The third-order valence-electron chi connectivity index (χ3n) is 4.09. The molecule has 8 heteroatoms. The number of benzene rings is 1. The number of rotatable bonds is 8. The molecule has 0 bridgehead atoms. The molecule has 2 aromatic heterocycles. The van der Waals surface area contributed by atoms with Gasteiger partial charge in [-0.2, -0.15) is 5.10 Å². The van der Waals surface area contributed by atoms with Crippen molar-refractivity contribution in [2.24, 2.45) is 0 Å². The molecule has 0 radical (unpaired) electrons. The minimum Gasteiger partial charge on any atom is -0.354 e. The van der Waals surface area contributed by atoms with Crippen LogP contribution >= 0.6 is 11.6 Å². The maximum Gasteiger partial charge on any atom is 0.264 e. The van der Waals surface area contributed by atoms with Crippen molar-refractivity contribution in [1.82, 2.24) is 24.6 Å². The van der Waals surface area contributed by atoms with Gasteiger partial charge in [-0.1, -0.05) is 29.8 Å². The van der Waals surface area contributed by atoms with E-state index in [1.165, 1.54) is 17.1 Å². The van der Waals surface area contributed by atoms with Gasteiger partial charge >= 0.3 is 0 Å². The number of carbonyl (C=O) groups is 1. The van der Waals surface area contributed by atoms with E-state index in [1.807, 2.05) is 18.2 Å². The predicted molar refractivity (Wildman–Crippen MR) is 105 cm³/mol. The van der Waals surface area contributed by atoms with Crippen molar-refractivity contribution in [1.29, 1.82) is 0 Å². The number of allylic oxidation sites excluding steroid dienone is 1. The van der Waals surface area contributed by atoms with Gasteiger partial charge in [-0.05, 0) is 24.1 Å². The van der Waals surface area contributed by atoms with Crippen molar-refractivity contribution in [2.45, 2.75) is 25.9 Å². The summed E-state index contributed by atoms with van der Waals surface area (Å²) in [5.41, 5.74) is 1.25. The highest BCUT2D eigenvalue weighted by molar-refractivity contribution is 6.30. The molecule has 3 aromatic rings. The van der Waals surface area contributed by atoms with Crippen LogP contribution in [0.4, 0.5) is 0 Å². The van der Waals surface area contributed by atoms with E-state index in [0.717, 1.165) is 5.56 Å². The van der Waals surface area contributed by atoms with E-state index in [1.54, 1.807) is 16.8 Å². The summed E-state index contributed by atoms with van der Waals surface area (Å²) in [4.78, 5) is 28.7. The molecule has 7 nitrogen and oxygen atoms in total. The standard InChI is InChI=1S/C19H20ClN5O2/c1-2-3-7-17(26)21-8-9-25-18-16(11-23-25)19(27)24(13-22-18)12-14-5-4-6-15(20)10-14/h2,4-6,10-11,13H,1,3,7-9,12H2,(H,21,26). The zero-order chi connectivity index (χ0) is 19.2. The zero-order valence-corrected chi connectivity index (χ0v) is 15.5. The first-order chi connectivity index (χ1) is 13.1. The fourth-order valence-corrected chi connectivity index (χ4v) is 2.94. The molecule has 0 unspecified atom stereocenters. The van der Waals surface area contributed by atoms with Crippen molar-refractivity contribution in [2.75, 3.05) is 6.54 Å². The molecule has 27 heavy (non-hydrogen) atoms. The summed E-state index contributed by atoms with van der Waals surface area (Å²) in [7, 11) is 0. The summed E-state index contributed by atoms with van der Waals surface area (Å²) in [6.07, 6.45) is 5.78. The average Bonchev–Trinajstić information content (AvgIpc) is 3.06. The van der Waals surface area contributed by atoms with Gasteiger partial charge in [0.15, 0.2) is 5.65 Å². The third-order valence-corrected chi connectivity index (χ3v) is 4.32. The minimum absolute atomic E-state index is 0.0387. The lowest BCUT2D eigenvalue weighted by atomic mass is 10.2. The lowest BCUT2D eigenvalue weighted by molar-refractivity contribution is -0.121. The van der Waals surface area contributed by atoms with E-state index < -0.39 is 0 Å². The molecule has 0 saturated heterocycles. The van der Waals surface area contributed by atoms with Gasteiger partial charge in [0, 0.05) is 18.0 Å². The second-order valence-electron chi connectivity index (χ2n) is 6.09. The molecule has 0 saturated carbocycles. The maximum atomic E-state index is 12.7. The van der Waals surface area contributed by atoms with E-state index in [-0.39, 0.29) is 11.5 Å². The van der Waals surface area contributed by atoms with Crippen molar-refractivity contribution in [3.05, 3.63) is 70.4 Å². The maximum absolute atomic E-state index is 12.7. The van der Waals surface area contributed by atoms with Gasteiger partial charge in [0.2, 0.25) is 5.91 Å². The normalized spacial score (nSPS) is 10.9. The van der Waals surface area contributed by atoms with Crippen molar-refractivity contribution in [3.63, 3.8) is 0 Å². The lowest BCUT2D eigenvalue weighted by Gasteiger charge is -2.07. The van der Waals surface area contributed by atoms with Gasteiger partial charge in [0.1, 0.15) is 11.7 Å². The number of carbonyl (C=O) groups excluding carboxylic acids is 1. The predicted octanol–water partition coefficient (Wildman–Crippen LogP) is 2.38. The van der Waals surface area contributed by atoms with E-state index in [2.05, 4.69) is 22.0 Å². The molecule has 1 aromatic carbocycles. The smallest absolute Gasteiger partial charge is 0.264 e.